The Kier molecular flexibility index (Phi) is 9.81. The van der Waals surface area contributed by atoms with Gasteiger partial charge in [-0.15, -0.1) is 0 Å². The fourth-order valence-electron chi connectivity index (χ4n) is 4.10. The summed E-state index contributed by atoms with van der Waals surface area (Å²) in [7, 11) is -4.31. The van der Waals surface area contributed by atoms with E-state index in [-0.39, 0.29) is 31.4 Å². The first kappa shape index (κ1) is 28.0. The Balaban J connectivity index is 0.00000204. The number of nitrogens with zero attached hydrogens (tertiary/aromatic N) is 2. The van der Waals surface area contributed by atoms with Crippen LogP contribution in [0.5, 0.6) is 0 Å². The molecule has 0 amide bonds. The van der Waals surface area contributed by atoms with Crippen molar-refractivity contribution in [2.75, 3.05) is 0 Å². The van der Waals surface area contributed by atoms with Crippen molar-refractivity contribution in [2.24, 2.45) is 0 Å². The van der Waals surface area contributed by atoms with Crippen LogP contribution >= 0.6 is 7.60 Å². The molecular formula is C26H29Cl2N2O3P. The highest BCUT2D eigenvalue weighted by molar-refractivity contribution is 7.53. The van der Waals surface area contributed by atoms with E-state index in [4.69, 9.17) is 0 Å². The van der Waals surface area contributed by atoms with Crippen LogP contribution in [-0.4, -0.2) is 14.9 Å². The lowest BCUT2D eigenvalue weighted by molar-refractivity contribution is -0.699. The first-order valence-corrected chi connectivity index (χ1v) is 12.5. The topological polar surface area (TPSA) is 65.3 Å². The lowest BCUT2D eigenvalue weighted by Crippen LogP contribution is -3.00. The normalized spacial score (nSPS) is 17.0. The molecule has 2 heterocycles. The van der Waals surface area contributed by atoms with Crippen LogP contribution in [0.1, 0.15) is 25.3 Å². The Morgan fingerprint density at radius 3 is 2.15 bits per heavy atom. The molecule has 0 saturated carbocycles. The van der Waals surface area contributed by atoms with Gasteiger partial charge in [-0.25, -0.2) is 4.57 Å². The second-order valence-corrected chi connectivity index (χ2v) is 10.3. The van der Waals surface area contributed by atoms with E-state index in [9.17, 15) is 14.4 Å². The number of benzene rings is 1. The van der Waals surface area contributed by atoms with Crippen molar-refractivity contribution in [1.29, 1.82) is 0 Å². The van der Waals surface area contributed by atoms with E-state index in [1.165, 1.54) is 5.56 Å². The minimum Gasteiger partial charge on any atom is -1.00 e. The molecular weight excluding hydrogens is 490 g/mol. The third-order valence-electron chi connectivity index (χ3n) is 5.96. The lowest BCUT2D eigenvalue weighted by Gasteiger charge is -2.28. The number of allylic oxidation sites excluding steroid dienone is 4. The van der Waals surface area contributed by atoms with Crippen LogP contribution in [0.3, 0.4) is 0 Å². The number of pyridine rings is 2. The van der Waals surface area contributed by atoms with Crippen molar-refractivity contribution in [1.82, 2.24) is 0 Å². The van der Waals surface area contributed by atoms with Gasteiger partial charge in [0.25, 0.3) is 0 Å². The number of halogens is 2. The minimum absolute atomic E-state index is 0. The van der Waals surface area contributed by atoms with Crippen LogP contribution in [-0.2, 0) is 17.5 Å². The molecule has 1 aliphatic rings. The Hall–Kier alpha value is -2.27. The average Bonchev–Trinajstić information content (AvgIpc) is 2.80. The molecule has 8 heteroatoms. The number of rotatable bonds is 7. The zero-order valence-corrected chi connectivity index (χ0v) is 21.4. The van der Waals surface area contributed by atoms with Crippen LogP contribution in [0.25, 0.3) is 16.8 Å². The molecule has 4 rings (SSSR count). The number of hydrogen-bond acceptors (Lipinski definition) is 1. The van der Waals surface area contributed by atoms with Gasteiger partial charge in [-0.3, -0.25) is 4.57 Å². The summed E-state index contributed by atoms with van der Waals surface area (Å²) in [4.78, 5) is 19.9. The maximum absolute atomic E-state index is 12.2. The van der Waals surface area contributed by atoms with E-state index in [2.05, 4.69) is 60.3 Å². The molecule has 0 aliphatic heterocycles. The second-order valence-electron chi connectivity index (χ2n) is 8.31. The fraction of sp³-hybridized carbons (Fsp3) is 0.231. The molecule has 0 spiro atoms. The van der Waals surface area contributed by atoms with E-state index >= 15 is 0 Å². The molecule has 180 valence electrons. The van der Waals surface area contributed by atoms with Crippen LogP contribution in [0.15, 0.2) is 97.6 Å². The Morgan fingerprint density at radius 1 is 0.941 bits per heavy atom. The van der Waals surface area contributed by atoms with Gasteiger partial charge in [0.15, 0.2) is 36.5 Å². The molecule has 0 saturated heterocycles. The summed E-state index contributed by atoms with van der Waals surface area (Å²) < 4.78 is 16.2. The molecule has 1 unspecified atom stereocenters. The molecule has 1 aromatic carbocycles. The zero-order valence-electron chi connectivity index (χ0n) is 19.0. The summed E-state index contributed by atoms with van der Waals surface area (Å²) >= 11 is 0. The molecule has 5 nitrogen and oxygen atoms in total. The number of aromatic nitrogens is 2. The number of hydrogen-bond donors (Lipinski definition) is 2. The van der Waals surface area contributed by atoms with Gasteiger partial charge in [0.05, 0.1) is 0 Å². The molecule has 3 aromatic rings. The van der Waals surface area contributed by atoms with E-state index in [0.717, 1.165) is 29.7 Å². The zero-order chi connectivity index (χ0) is 22.6. The van der Waals surface area contributed by atoms with Gasteiger partial charge in [-0.1, -0.05) is 49.8 Å². The maximum atomic E-state index is 12.2. The van der Waals surface area contributed by atoms with Crippen LogP contribution < -0.4 is 33.9 Å². The highest BCUT2D eigenvalue weighted by Crippen LogP contribution is 2.54. The highest BCUT2D eigenvalue weighted by atomic mass is 35.5. The molecule has 34 heavy (non-hydrogen) atoms. The summed E-state index contributed by atoms with van der Waals surface area (Å²) in [6.45, 7) is 2.41. The van der Waals surface area contributed by atoms with Gasteiger partial charge in [0.1, 0.15) is 0 Å². The average molecular weight is 519 g/mol. The Bertz CT molecular complexity index is 1190. The van der Waals surface area contributed by atoms with Gasteiger partial charge >= 0.3 is 7.60 Å². The summed E-state index contributed by atoms with van der Waals surface area (Å²) in [5.74, 6) is 0. The Labute approximate surface area is 213 Å². The molecule has 0 bridgehead atoms. The molecule has 1 aliphatic carbocycles. The first-order chi connectivity index (χ1) is 15.4. The van der Waals surface area contributed by atoms with Crippen LogP contribution in [0.4, 0.5) is 0 Å². The summed E-state index contributed by atoms with van der Waals surface area (Å²) in [5.41, 5.74) is 4.62. The van der Waals surface area contributed by atoms with Crippen molar-refractivity contribution < 1.29 is 48.3 Å². The van der Waals surface area contributed by atoms with E-state index in [0.29, 0.717) is 6.42 Å². The van der Waals surface area contributed by atoms with Crippen LogP contribution in [0.2, 0.25) is 0 Å². The molecule has 1 atom stereocenters. The maximum Gasteiger partial charge on any atom is 0.342 e. The van der Waals surface area contributed by atoms with E-state index < -0.39 is 12.8 Å². The van der Waals surface area contributed by atoms with Crippen molar-refractivity contribution in [3.8, 4) is 16.8 Å². The number of aryl methyl sites for hydroxylation is 1. The molecule has 0 fully saturated rings. The smallest absolute Gasteiger partial charge is 0.342 e. The predicted molar refractivity (Wildman–Crippen MR) is 125 cm³/mol. The van der Waals surface area contributed by atoms with E-state index in [1.54, 1.807) is 12.2 Å². The van der Waals surface area contributed by atoms with Crippen molar-refractivity contribution in [3.05, 3.63) is 103 Å². The van der Waals surface area contributed by atoms with Gasteiger partial charge in [0, 0.05) is 36.4 Å². The summed E-state index contributed by atoms with van der Waals surface area (Å²) in [5, 5.41) is -1.20. The quantitative estimate of drug-likeness (QED) is 0.290. The van der Waals surface area contributed by atoms with Crippen molar-refractivity contribution >= 4 is 7.60 Å². The predicted octanol–water partition coefficient (Wildman–Crippen LogP) is -1.69. The van der Waals surface area contributed by atoms with Gasteiger partial charge < -0.3 is 34.6 Å². The van der Waals surface area contributed by atoms with Gasteiger partial charge in [-0.2, -0.15) is 4.57 Å². The van der Waals surface area contributed by atoms with Gasteiger partial charge in [0.2, 0.25) is 5.69 Å². The van der Waals surface area contributed by atoms with Crippen LogP contribution in [0, 0.1) is 0 Å². The van der Waals surface area contributed by atoms with Crippen molar-refractivity contribution in [3.63, 3.8) is 0 Å². The fourth-order valence-corrected chi connectivity index (χ4v) is 5.07. The van der Waals surface area contributed by atoms with E-state index in [1.807, 2.05) is 41.2 Å². The molecule has 2 N–H and O–H groups in total. The molecule has 2 aromatic heterocycles. The molecule has 0 radical (unpaired) electrons. The first-order valence-electron chi connectivity index (χ1n) is 10.9. The largest absolute Gasteiger partial charge is 1.00 e. The van der Waals surface area contributed by atoms with Crippen molar-refractivity contribution in [2.45, 2.75) is 37.9 Å². The minimum atomic E-state index is -4.31. The third kappa shape index (κ3) is 6.24. The SMILES string of the molecule is CCCc1cccc(-[n+]2ccc(-c3cc[n+](CC4(P(=O)(O)O)C=CC=CC4)cc3)cc2)c1.[Cl-].[Cl-]. The third-order valence-corrected chi connectivity index (χ3v) is 7.60. The van der Waals surface area contributed by atoms with Gasteiger partial charge in [-0.05, 0) is 29.5 Å². The summed E-state index contributed by atoms with van der Waals surface area (Å²) in [6.07, 6.45) is 17.4. The lowest BCUT2D eigenvalue weighted by atomic mass is 9.99. The monoisotopic (exact) mass is 518 g/mol. The summed E-state index contributed by atoms with van der Waals surface area (Å²) in [6, 6.07) is 16.7. The Morgan fingerprint density at radius 2 is 1.59 bits per heavy atom. The standard InChI is InChI=1S/C26H27N2O3P.2ClH/c1-2-7-22-8-6-9-25(20-22)28-18-12-24(13-19-28)23-10-16-27(17-11-23)21-26(32(29,30)31)14-4-3-5-15-26;;/h3-6,8-14,16-20H,2,7,15,21H2,1H3;2*1H. The second kappa shape index (κ2) is 11.9. The highest BCUT2D eigenvalue weighted by Gasteiger charge is 2.48.